The van der Waals surface area contributed by atoms with E-state index < -0.39 is 11.6 Å². The molecule has 0 aliphatic carbocycles. The number of rotatable bonds is 5. The summed E-state index contributed by atoms with van der Waals surface area (Å²) < 4.78 is 30.6. The fraction of sp³-hybridized carbons (Fsp3) is 0.0952. The van der Waals surface area contributed by atoms with Crippen LogP contribution in [-0.2, 0) is 7.05 Å². The Morgan fingerprint density at radius 2 is 1.87 bits per heavy atom. The lowest BCUT2D eigenvalue weighted by atomic mass is 10.0. The number of nitrogen functional groups attached to an aromatic ring is 1. The van der Waals surface area contributed by atoms with Gasteiger partial charge in [-0.05, 0) is 36.8 Å². The normalized spacial score (nSPS) is 10.8. The summed E-state index contributed by atoms with van der Waals surface area (Å²) >= 11 is 0. The predicted octanol–water partition coefficient (Wildman–Crippen LogP) is 4.53. The second-order valence-electron chi connectivity index (χ2n) is 6.78. The highest BCUT2D eigenvalue weighted by atomic mass is 19.1. The quantitative estimate of drug-likeness (QED) is 0.421. The number of halogens is 2. The molecular formula is C21H19F2N7. The van der Waals surface area contributed by atoms with Gasteiger partial charge in [-0.1, -0.05) is 12.1 Å². The number of nitrogens with one attached hydrogen (secondary N) is 2. The van der Waals surface area contributed by atoms with Gasteiger partial charge in [-0.2, -0.15) is 10.1 Å². The van der Waals surface area contributed by atoms with Crippen molar-refractivity contribution in [2.45, 2.75) is 6.92 Å². The summed E-state index contributed by atoms with van der Waals surface area (Å²) in [5.41, 5.74) is 8.39. The first-order valence-corrected chi connectivity index (χ1v) is 9.11. The van der Waals surface area contributed by atoms with Crippen molar-refractivity contribution in [1.29, 1.82) is 0 Å². The Morgan fingerprint density at radius 3 is 2.60 bits per heavy atom. The monoisotopic (exact) mass is 407 g/mol. The third-order valence-electron chi connectivity index (χ3n) is 4.48. The zero-order valence-electron chi connectivity index (χ0n) is 16.3. The molecule has 2 aromatic heterocycles. The molecule has 0 bridgehead atoms. The Labute approximate surface area is 171 Å². The summed E-state index contributed by atoms with van der Waals surface area (Å²) in [7, 11) is 1.78. The lowest BCUT2D eigenvalue weighted by Crippen LogP contribution is -2.05. The predicted molar refractivity (Wildman–Crippen MR) is 113 cm³/mol. The molecule has 0 radical (unpaired) electrons. The number of benzene rings is 2. The zero-order valence-corrected chi connectivity index (χ0v) is 16.3. The smallest absolute Gasteiger partial charge is 0.229 e. The molecule has 4 rings (SSSR count). The second-order valence-corrected chi connectivity index (χ2v) is 6.78. The largest absolute Gasteiger partial charge is 0.399 e. The molecule has 0 saturated carbocycles. The van der Waals surface area contributed by atoms with Crippen molar-refractivity contribution in [3.63, 3.8) is 0 Å². The summed E-state index contributed by atoms with van der Waals surface area (Å²) in [6.45, 7) is 1.78. The van der Waals surface area contributed by atoms with E-state index in [0.717, 1.165) is 0 Å². The fourth-order valence-electron chi connectivity index (χ4n) is 3.07. The topological polar surface area (TPSA) is 93.7 Å². The summed E-state index contributed by atoms with van der Waals surface area (Å²) in [4.78, 5) is 8.76. The van der Waals surface area contributed by atoms with Gasteiger partial charge in [0.25, 0.3) is 0 Å². The summed E-state index contributed by atoms with van der Waals surface area (Å²) in [5, 5.41) is 10.0. The number of aromatic nitrogens is 4. The van der Waals surface area contributed by atoms with Crippen LogP contribution >= 0.6 is 0 Å². The van der Waals surface area contributed by atoms with Crippen LogP contribution in [-0.4, -0.2) is 19.7 Å². The molecule has 9 heteroatoms. The van der Waals surface area contributed by atoms with Crippen LogP contribution in [0.5, 0.6) is 0 Å². The molecule has 0 amide bonds. The van der Waals surface area contributed by atoms with E-state index in [-0.39, 0.29) is 17.5 Å². The van der Waals surface area contributed by atoms with Crippen LogP contribution in [0.15, 0.2) is 55.0 Å². The number of nitrogens with zero attached hydrogens (tertiary/aromatic N) is 4. The van der Waals surface area contributed by atoms with Gasteiger partial charge in [-0.3, -0.25) is 4.68 Å². The fourth-order valence-corrected chi connectivity index (χ4v) is 3.07. The van der Waals surface area contributed by atoms with Crippen molar-refractivity contribution in [2.24, 2.45) is 7.05 Å². The molecule has 0 unspecified atom stereocenters. The minimum absolute atomic E-state index is 0.122. The maximum Gasteiger partial charge on any atom is 0.229 e. The first-order valence-electron chi connectivity index (χ1n) is 9.11. The molecular weight excluding hydrogens is 388 g/mol. The number of aryl methyl sites for hydroxylation is 2. The van der Waals surface area contributed by atoms with E-state index in [2.05, 4.69) is 25.7 Å². The minimum atomic E-state index is -0.513. The van der Waals surface area contributed by atoms with Crippen LogP contribution < -0.4 is 16.4 Å². The van der Waals surface area contributed by atoms with Crippen LogP contribution in [0.2, 0.25) is 0 Å². The highest BCUT2D eigenvalue weighted by Gasteiger charge is 2.17. The number of hydrogen-bond donors (Lipinski definition) is 3. The molecule has 7 nitrogen and oxygen atoms in total. The Balaban J connectivity index is 1.82. The van der Waals surface area contributed by atoms with E-state index in [0.29, 0.717) is 28.1 Å². The Kier molecular flexibility index (Phi) is 5.01. The van der Waals surface area contributed by atoms with Gasteiger partial charge in [-0.15, -0.1) is 0 Å². The molecule has 30 heavy (non-hydrogen) atoms. The standard InChI is InChI=1S/C21H19F2N7/c1-12-4-3-5-17(23)19(12)15-10-25-21(27-14-9-26-30(2)11-14)29-20(15)28-18-8-13(24)6-7-16(18)22/h3-11H,24H2,1-2H3,(H2,25,27,28,29). The van der Waals surface area contributed by atoms with Gasteiger partial charge in [0.1, 0.15) is 17.5 Å². The van der Waals surface area contributed by atoms with Crippen LogP contribution in [0.3, 0.4) is 0 Å². The van der Waals surface area contributed by atoms with Crippen molar-refractivity contribution < 1.29 is 8.78 Å². The van der Waals surface area contributed by atoms with Gasteiger partial charge in [0.05, 0.1) is 17.6 Å². The van der Waals surface area contributed by atoms with Gasteiger partial charge in [0.15, 0.2) is 0 Å². The Morgan fingerprint density at radius 1 is 1.03 bits per heavy atom. The second kappa shape index (κ2) is 7.78. The maximum absolute atomic E-state index is 14.6. The van der Waals surface area contributed by atoms with E-state index in [9.17, 15) is 8.78 Å². The summed E-state index contributed by atoms with van der Waals surface area (Å²) in [6, 6.07) is 8.92. The average Bonchev–Trinajstić information content (AvgIpc) is 3.11. The Bertz CT molecular complexity index is 1200. The summed E-state index contributed by atoms with van der Waals surface area (Å²) in [5.74, 6) is -0.468. The van der Waals surface area contributed by atoms with Crippen molar-refractivity contribution in [3.8, 4) is 11.1 Å². The molecule has 0 aliphatic rings. The molecule has 152 valence electrons. The average molecular weight is 407 g/mol. The van der Waals surface area contributed by atoms with Crippen molar-refractivity contribution >= 4 is 28.8 Å². The molecule has 0 spiro atoms. The van der Waals surface area contributed by atoms with Crippen molar-refractivity contribution in [2.75, 3.05) is 16.4 Å². The van der Waals surface area contributed by atoms with E-state index in [4.69, 9.17) is 5.73 Å². The first-order chi connectivity index (χ1) is 14.4. The molecule has 0 saturated heterocycles. The maximum atomic E-state index is 14.6. The molecule has 2 aromatic carbocycles. The number of anilines is 5. The molecule has 0 atom stereocenters. The molecule has 0 aliphatic heterocycles. The van der Waals surface area contributed by atoms with Crippen LogP contribution in [0.4, 0.5) is 37.6 Å². The van der Waals surface area contributed by atoms with E-state index >= 15 is 0 Å². The number of nitrogens with two attached hydrogens (primary N) is 1. The third-order valence-corrected chi connectivity index (χ3v) is 4.48. The van der Waals surface area contributed by atoms with Gasteiger partial charge in [-0.25, -0.2) is 13.8 Å². The van der Waals surface area contributed by atoms with E-state index in [1.54, 1.807) is 43.2 Å². The van der Waals surface area contributed by atoms with Gasteiger partial charge < -0.3 is 16.4 Å². The highest BCUT2D eigenvalue weighted by molar-refractivity contribution is 5.81. The first kappa shape index (κ1) is 19.3. The van der Waals surface area contributed by atoms with Gasteiger partial charge in [0, 0.05) is 36.3 Å². The van der Waals surface area contributed by atoms with Crippen LogP contribution in [0.25, 0.3) is 11.1 Å². The highest BCUT2D eigenvalue weighted by Crippen LogP contribution is 2.34. The zero-order chi connectivity index (χ0) is 21.3. The lowest BCUT2D eigenvalue weighted by molar-refractivity contribution is 0.630. The lowest BCUT2D eigenvalue weighted by Gasteiger charge is -2.15. The van der Waals surface area contributed by atoms with Gasteiger partial charge in [0.2, 0.25) is 5.95 Å². The van der Waals surface area contributed by atoms with Crippen LogP contribution in [0.1, 0.15) is 5.56 Å². The SMILES string of the molecule is Cc1cccc(F)c1-c1cnc(Nc2cnn(C)c2)nc1Nc1cc(N)ccc1F. The number of hydrogen-bond acceptors (Lipinski definition) is 6. The van der Waals surface area contributed by atoms with Crippen LogP contribution in [0, 0.1) is 18.6 Å². The molecule has 4 aromatic rings. The summed E-state index contributed by atoms with van der Waals surface area (Å²) in [6.07, 6.45) is 4.86. The van der Waals surface area contributed by atoms with Crippen molar-refractivity contribution in [3.05, 3.63) is 72.2 Å². The molecule has 2 heterocycles. The molecule has 4 N–H and O–H groups in total. The molecule has 0 fully saturated rings. The Hall–Kier alpha value is -4.01. The third kappa shape index (κ3) is 3.90. The van der Waals surface area contributed by atoms with E-state index in [1.165, 1.54) is 30.5 Å². The van der Waals surface area contributed by atoms with Crippen molar-refractivity contribution in [1.82, 2.24) is 19.7 Å². The minimum Gasteiger partial charge on any atom is -0.399 e. The van der Waals surface area contributed by atoms with Gasteiger partial charge >= 0.3 is 0 Å². The van der Waals surface area contributed by atoms with E-state index in [1.807, 2.05) is 0 Å².